The zero-order valence-corrected chi connectivity index (χ0v) is 19.6. The Morgan fingerprint density at radius 3 is 2.39 bits per heavy atom. The first-order chi connectivity index (χ1) is 17.4. The lowest BCUT2D eigenvalue weighted by Crippen LogP contribution is -2.41. The molecule has 0 spiro atoms. The Hall–Kier alpha value is -4.51. The van der Waals surface area contributed by atoms with E-state index in [1.807, 2.05) is 18.3 Å². The van der Waals surface area contributed by atoms with Crippen molar-refractivity contribution in [1.82, 2.24) is 15.2 Å². The number of ether oxygens (including phenoxy) is 1. The van der Waals surface area contributed by atoms with E-state index in [1.165, 1.54) is 19.2 Å². The van der Waals surface area contributed by atoms with Gasteiger partial charge in [-0.15, -0.1) is 0 Å². The summed E-state index contributed by atoms with van der Waals surface area (Å²) >= 11 is 0. The minimum absolute atomic E-state index is 0.0776. The maximum absolute atomic E-state index is 14.1. The molecule has 0 atom stereocenters. The highest BCUT2D eigenvalue weighted by Crippen LogP contribution is 2.17. The number of urea groups is 1. The summed E-state index contributed by atoms with van der Waals surface area (Å²) in [5.41, 5.74) is 1.96. The maximum atomic E-state index is 14.1. The number of H-pyrrole nitrogens is 1. The zero-order chi connectivity index (χ0) is 25.5. The first-order valence-corrected chi connectivity index (χ1v) is 11.3. The van der Waals surface area contributed by atoms with Gasteiger partial charge in [0.1, 0.15) is 5.82 Å². The van der Waals surface area contributed by atoms with Crippen molar-refractivity contribution >= 4 is 35.0 Å². The summed E-state index contributed by atoms with van der Waals surface area (Å²) < 4.78 is 19.5. The molecule has 5 N–H and O–H groups in total. The number of aliphatic imine (C=N–C) groups is 1. The number of carbonyl (C=O) groups is 2. The number of aromatic amines is 1. The standard InChI is InChI=1S/C25H26FN7O3/c1-28-24(34)19-9-8-18(15-20(19)26)31-25(35)30-17-6-4-16(5-7-17)22(27)32-23(21-3-2-10-29-21)33-11-13-36-14-12-33/h2-10,15,27,29H,11-14H2,1H3,(H,28,34)(H2,30,31,35)/b27-22?,32-23+. The smallest absolute Gasteiger partial charge is 0.323 e. The number of benzene rings is 2. The molecule has 2 heterocycles. The minimum atomic E-state index is -0.744. The number of rotatable bonds is 5. The van der Waals surface area contributed by atoms with E-state index in [2.05, 4.69) is 30.8 Å². The van der Waals surface area contributed by atoms with Crippen LogP contribution in [-0.2, 0) is 4.74 Å². The number of hydrogen-bond donors (Lipinski definition) is 5. The van der Waals surface area contributed by atoms with Gasteiger partial charge in [0, 0.05) is 43.3 Å². The van der Waals surface area contributed by atoms with Crippen LogP contribution in [0.3, 0.4) is 0 Å². The monoisotopic (exact) mass is 491 g/mol. The van der Waals surface area contributed by atoms with E-state index in [1.54, 1.807) is 24.3 Å². The Bertz CT molecular complexity index is 1270. The molecular formula is C25H26FN7O3. The molecule has 1 fully saturated rings. The molecule has 2 aromatic carbocycles. The molecular weight excluding hydrogens is 465 g/mol. The second kappa shape index (κ2) is 11.3. The van der Waals surface area contributed by atoms with Crippen LogP contribution in [0.5, 0.6) is 0 Å². The van der Waals surface area contributed by atoms with Gasteiger partial charge < -0.3 is 30.6 Å². The van der Waals surface area contributed by atoms with Gasteiger partial charge in [0.05, 0.1) is 24.5 Å². The van der Waals surface area contributed by atoms with Crippen molar-refractivity contribution < 1.29 is 18.7 Å². The van der Waals surface area contributed by atoms with E-state index in [4.69, 9.17) is 10.1 Å². The zero-order valence-electron chi connectivity index (χ0n) is 19.6. The summed E-state index contributed by atoms with van der Waals surface area (Å²) in [6.45, 7) is 2.56. The molecule has 0 bridgehead atoms. The Morgan fingerprint density at radius 1 is 1.06 bits per heavy atom. The van der Waals surface area contributed by atoms with Gasteiger partial charge in [-0.1, -0.05) is 0 Å². The van der Waals surface area contributed by atoms with E-state index in [0.717, 1.165) is 11.8 Å². The maximum Gasteiger partial charge on any atom is 0.323 e. The molecule has 10 nitrogen and oxygen atoms in total. The second-order valence-corrected chi connectivity index (χ2v) is 7.90. The van der Waals surface area contributed by atoms with Crippen LogP contribution in [0.25, 0.3) is 0 Å². The van der Waals surface area contributed by atoms with Crippen molar-refractivity contribution in [3.05, 3.63) is 83.4 Å². The molecule has 1 aliphatic heterocycles. The minimum Gasteiger partial charge on any atom is -0.378 e. The van der Waals surface area contributed by atoms with Crippen molar-refractivity contribution in [2.75, 3.05) is 44.0 Å². The molecule has 0 aliphatic carbocycles. The number of morpholine rings is 1. The van der Waals surface area contributed by atoms with Crippen LogP contribution in [0.2, 0.25) is 0 Å². The highest BCUT2D eigenvalue weighted by atomic mass is 19.1. The molecule has 11 heteroatoms. The van der Waals surface area contributed by atoms with Crippen molar-refractivity contribution in [2.45, 2.75) is 0 Å². The van der Waals surface area contributed by atoms with Crippen LogP contribution >= 0.6 is 0 Å². The second-order valence-electron chi connectivity index (χ2n) is 7.90. The van der Waals surface area contributed by atoms with E-state index < -0.39 is 17.8 Å². The Balaban J connectivity index is 1.41. The molecule has 1 saturated heterocycles. The van der Waals surface area contributed by atoms with Crippen LogP contribution in [0.4, 0.5) is 20.6 Å². The summed E-state index contributed by atoms with van der Waals surface area (Å²) in [5.74, 6) is -0.548. The highest BCUT2D eigenvalue weighted by Gasteiger charge is 2.19. The number of carbonyl (C=O) groups excluding carboxylic acids is 2. The summed E-state index contributed by atoms with van der Waals surface area (Å²) in [5, 5.41) is 16.0. The average Bonchev–Trinajstić information content (AvgIpc) is 3.42. The van der Waals surface area contributed by atoms with E-state index in [9.17, 15) is 14.0 Å². The highest BCUT2D eigenvalue weighted by molar-refractivity contribution is 6.10. The molecule has 1 aliphatic rings. The lowest BCUT2D eigenvalue weighted by atomic mass is 10.2. The third-order valence-electron chi connectivity index (χ3n) is 5.48. The fourth-order valence-electron chi connectivity index (χ4n) is 3.63. The Labute approximate surface area is 207 Å². The lowest BCUT2D eigenvalue weighted by molar-refractivity contribution is 0.0682. The van der Waals surface area contributed by atoms with Gasteiger partial charge in [-0.25, -0.2) is 14.2 Å². The van der Waals surface area contributed by atoms with E-state index in [-0.39, 0.29) is 17.1 Å². The van der Waals surface area contributed by atoms with E-state index in [0.29, 0.717) is 43.4 Å². The number of amides is 3. The molecule has 186 valence electrons. The number of anilines is 2. The van der Waals surface area contributed by atoms with Crippen molar-refractivity contribution in [3.63, 3.8) is 0 Å². The van der Waals surface area contributed by atoms with Crippen LogP contribution in [0, 0.1) is 11.2 Å². The van der Waals surface area contributed by atoms with Gasteiger partial charge in [-0.05, 0) is 54.6 Å². The predicted octanol–water partition coefficient (Wildman–Crippen LogP) is 3.26. The van der Waals surface area contributed by atoms with Crippen LogP contribution in [-0.4, -0.2) is 66.8 Å². The first-order valence-electron chi connectivity index (χ1n) is 11.3. The van der Waals surface area contributed by atoms with Crippen LogP contribution < -0.4 is 16.0 Å². The number of aromatic nitrogens is 1. The van der Waals surface area contributed by atoms with Gasteiger partial charge in [0.15, 0.2) is 11.7 Å². The third kappa shape index (κ3) is 5.94. The molecule has 3 amide bonds. The van der Waals surface area contributed by atoms with Gasteiger partial charge in [-0.2, -0.15) is 0 Å². The fraction of sp³-hybridized carbons (Fsp3) is 0.200. The SMILES string of the molecule is CNC(=O)c1ccc(NC(=O)Nc2ccc(C(=N)/N=C(\c3ccc[nH]3)N3CCOCC3)cc2)cc1F. The normalized spacial score (nSPS) is 13.7. The predicted molar refractivity (Wildman–Crippen MR) is 135 cm³/mol. The molecule has 4 rings (SSSR count). The molecule has 0 saturated carbocycles. The van der Waals surface area contributed by atoms with Gasteiger partial charge >= 0.3 is 6.03 Å². The first kappa shape index (κ1) is 24.6. The molecule has 0 unspecified atom stereocenters. The molecule has 3 aromatic rings. The molecule has 1 aromatic heterocycles. The van der Waals surface area contributed by atoms with E-state index >= 15 is 0 Å². The van der Waals surface area contributed by atoms with Gasteiger partial charge in [0.25, 0.3) is 5.91 Å². The Kier molecular flexibility index (Phi) is 7.71. The number of halogens is 1. The third-order valence-corrected chi connectivity index (χ3v) is 5.48. The summed E-state index contributed by atoms with van der Waals surface area (Å²) in [6, 6.07) is 13.7. The summed E-state index contributed by atoms with van der Waals surface area (Å²) in [7, 11) is 1.41. The molecule has 36 heavy (non-hydrogen) atoms. The summed E-state index contributed by atoms with van der Waals surface area (Å²) in [6.07, 6.45) is 1.81. The number of amidine groups is 2. The van der Waals surface area contributed by atoms with Crippen molar-refractivity contribution in [2.24, 2.45) is 4.99 Å². The lowest BCUT2D eigenvalue weighted by Gasteiger charge is -2.29. The van der Waals surface area contributed by atoms with Gasteiger partial charge in [-0.3, -0.25) is 10.2 Å². The van der Waals surface area contributed by atoms with Crippen molar-refractivity contribution in [3.8, 4) is 0 Å². The van der Waals surface area contributed by atoms with Crippen LogP contribution in [0.15, 0.2) is 65.8 Å². The number of hydrogen-bond acceptors (Lipinski definition) is 4. The van der Waals surface area contributed by atoms with Crippen molar-refractivity contribution in [1.29, 1.82) is 5.41 Å². The largest absolute Gasteiger partial charge is 0.378 e. The topological polar surface area (TPSA) is 135 Å². The van der Waals surface area contributed by atoms with Crippen LogP contribution in [0.1, 0.15) is 21.6 Å². The molecule has 0 radical (unpaired) electrons. The average molecular weight is 492 g/mol. The number of nitrogens with zero attached hydrogens (tertiary/aromatic N) is 2. The van der Waals surface area contributed by atoms with Gasteiger partial charge in [0.2, 0.25) is 0 Å². The Morgan fingerprint density at radius 2 is 1.75 bits per heavy atom. The quantitative estimate of drug-likeness (QED) is 0.277. The summed E-state index contributed by atoms with van der Waals surface area (Å²) in [4.78, 5) is 33.7. The number of nitrogens with one attached hydrogen (secondary N) is 5. The fourth-order valence-corrected chi connectivity index (χ4v) is 3.63.